The molecule has 2 nitrogen and oxygen atoms in total. The summed E-state index contributed by atoms with van der Waals surface area (Å²) >= 11 is 17.7. The van der Waals surface area contributed by atoms with E-state index in [9.17, 15) is 8.78 Å². The van der Waals surface area contributed by atoms with Crippen LogP contribution in [0.3, 0.4) is 0 Å². The van der Waals surface area contributed by atoms with Gasteiger partial charge < -0.3 is 10.4 Å². The molecule has 0 saturated heterocycles. The van der Waals surface area contributed by atoms with Gasteiger partial charge in [-0.15, -0.1) is 0 Å². The lowest BCUT2D eigenvalue weighted by molar-refractivity contribution is 0.395. The van der Waals surface area contributed by atoms with E-state index in [1.165, 1.54) is 12.1 Å². The van der Waals surface area contributed by atoms with E-state index in [2.05, 4.69) is 5.32 Å². The Bertz CT molecular complexity index is 618. The lowest BCUT2D eigenvalue weighted by atomic mass is 10.2. The molecule has 0 aliphatic carbocycles. The molecular weight excluding hydrogens is 331 g/mol. The number of anilines is 1. The fourth-order valence-electron chi connectivity index (χ4n) is 1.62. The van der Waals surface area contributed by atoms with Crippen molar-refractivity contribution >= 4 is 40.5 Å². The van der Waals surface area contributed by atoms with E-state index in [4.69, 9.17) is 39.9 Å². The molecule has 0 amide bonds. The first kappa shape index (κ1) is 15.2. The van der Waals surface area contributed by atoms with Crippen molar-refractivity contribution in [1.82, 2.24) is 0 Å². The van der Waals surface area contributed by atoms with Gasteiger partial charge >= 0.3 is 0 Å². The summed E-state index contributed by atoms with van der Waals surface area (Å²) in [4.78, 5) is 0. The summed E-state index contributed by atoms with van der Waals surface area (Å²) in [7, 11) is 0. The van der Waals surface area contributed by atoms with E-state index < -0.39 is 17.4 Å². The SMILES string of the molecule is Oc1c(F)cc(CNc2c(Cl)cc(Cl)cc2Cl)cc1F. The normalized spacial score (nSPS) is 10.7. The molecule has 0 spiro atoms. The number of benzene rings is 2. The molecule has 0 aromatic heterocycles. The molecule has 2 N–H and O–H groups in total. The average molecular weight is 339 g/mol. The van der Waals surface area contributed by atoms with Crippen molar-refractivity contribution in [3.8, 4) is 5.75 Å². The second kappa shape index (κ2) is 6.04. The summed E-state index contributed by atoms with van der Waals surface area (Å²) in [6.07, 6.45) is 0. The van der Waals surface area contributed by atoms with Crippen molar-refractivity contribution in [3.05, 3.63) is 56.5 Å². The molecule has 0 fully saturated rings. The highest BCUT2D eigenvalue weighted by Gasteiger charge is 2.11. The van der Waals surface area contributed by atoms with Crippen LogP contribution in [0.2, 0.25) is 15.1 Å². The van der Waals surface area contributed by atoms with Gasteiger partial charge in [-0.05, 0) is 29.8 Å². The third kappa shape index (κ3) is 3.26. The lowest BCUT2D eigenvalue weighted by Gasteiger charge is -2.11. The first-order valence-corrected chi connectivity index (χ1v) is 6.57. The van der Waals surface area contributed by atoms with Gasteiger partial charge in [0.25, 0.3) is 0 Å². The molecule has 0 heterocycles. The molecule has 0 saturated carbocycles. The van der Waals surface area contributed by atoms with Crippen LogP contribution in [-0.4, -0.2) is 5.11 Å². The predicted molar refractivity (Wildman–Crippen MR) is 76.8 cm³/mol. The van der Waals surface area contributed by atoms with Crippen LogP contribution in [0.15, 0.2) is 24.3 Å². The zero-order valence-electron chi connectivity index (χ0n) is 9.85. The number of hydrogen-bond donors (Lipinski definition) is 2. The number of aromatic hydroxyl groups is 1. The maximum Gasteiger partial charge on any atom is 0.187 e. The van der Waals surface area contributed by atoms with Gasteiger partial charge in [-0.3, -0.25) is 0 Å². The van der Waals surface area contributed by atoms with Gasteiger partial charge in [0.2, 0.25) is 0 Å². The van der Waals surface area contributed by atoms with E-state index in [-0.39, 0.29) is 6.54 Å². The number of hydrogen-bond acceptors (Lipinski definition) is 2. The van der Waals surface area contributed by atoms with E-state index >= 15 is 0 Å². The van der Waals surface area contributed by atoms with Gasteiger partial charge in [0.1, 0.15) is 0 Å². The highest BCUT2D eigenvalue weighted by Crippen LogP contribution is 2.34. The summed E-state index contributed by atoms with van der Waals surface area (Å²) < 4.78 is 26.4. The molecule has 0 radical (unpaired) electrons. The Morgan fingerprint density at radius 2 is 1.45 bits per heavy atom. The van der Waals surface area contributed by atoms with Gasteiger partial charge in [0, 0.05) is 11.6 Å². The number of nitrogens with one attached hydrogen (secondary N) is 1. The highest BCUT2D eigenvalue weighted by molar-refractivity contribution is 6.41. The first-order chi connectivity index (χ1) is 9.38. The van der Waals surface area contributed by atoms with Crippen molar-refractivity contribution in [1.29, 1.82) is 0 Å². The van der Waals surface area contributed by atoms with Crippen molar-refractivity contribution in [2.45, 2.75) is 6.54 Å². The Morgan fingerprint density at radius 3 is 1.95 bits per heavy atom. The maximum atomic E-state index is 13.2. The summed E-state index contributed by atoms with van der Waals surface area (Å²) in [6, 6.07) is 5.02. The maximum absolute atomic E-state index is 13.2. The van der Waals surface area contributed by atoms with Gasteiger partial charge in [0.05, 0.1) is 15.7 Å². The summed E-state index contributed by atoms with van der Waals surface area (Å²) in [5.74, 6) is -3.07. The average Bonchev–Trinajstić information content (AvgIpc) is 2.34. The molecule has 106 valence electrons. The summed E-state index contributed by atoms with van der Waals surface area (Å²) in [5, 5.41) is 12.8. The molecule has 7 heteroatoms. The zero-order chi connectivity index (χ0) is 14.9. The first-order valence-electron chi connectivity index (χ1n) is 5.44. The molecule has 0 bridgehead atoms. The number of phenols is 1. The standard InChI is InChI=1S/C13H8Cl3F2NO/c14-7-3-8(15)12(9(16)4-7)19-5-6-1-10(17)13(20)11(18)2-6/h1-4,19-20H,5H2. The Balaban J connectivity index is 2.21. The molecule has 0 aliphatic rings. The third-order valence-electron chi connectivity index (χ3n) is 2.55. The van der Waals surface area contributed by atoms with Crippen LogP contribution in [0.5, 0.6) is 5.75 Å². The quantitative estimate of drug-likeness (QED) is 0.802. The minimum atomic E-state index is -1.03. The van der Waals surface area contributed by atoms with Crippen LogP contribution in [0.25, 0.3) is 0 Å². The third-order valence-corrected chi connectivity index (χ3v) is 3.37. The Morgan fingerprint density at radius 1 is 0.950 bits per heavy atom. The van der Waals surface area contributed by atoms with Crippen LogP contribution < -0.4 is 5.32 Å². The molecule has 2 rings (SSSR count). The molecular formula is C13H8Cl3F2NO. The number of phenolic OH excluding ortho intramolecular Hbond substituents is 1. The monoisotopic (exact) mass is 337 g/mol. The Labute approximate surface area is 128 Å². The van der Waals surface area contributed by atoms with Gasteiger partial charge in [-0.1, -0.05) is 34.8 Å². The fraction of sp³-hybridized carbons (Fsp3) is 0.0769. The van der Waals surface area contributed by atoms with Crippen molar-refractivity contribution in [3.63, 3.8) is 0 Å². The van der Waals surface area contributed by atoms with Crippen LogP contribution in [0, 0.1) is 11.6 Å². The van der Waals surface area contributed by atoms with Gasteiger partial charge in [-0.2, -0.15) is 0 Å². The molecule has 0 unspecified atom stereocenters. The minimum Gasteiger partial charge on any atom is -0.503 e. The van der Waals surface area contributed by atoms with Crippen molar-refractivity contribution in [2.75, 3.05) is 5.32 Å². The van der Waals surface area contributed by atoms with E-state index in [1.807, 2.05) is 0 Å². The molecule has 2 aromatic rings. The summed E-state index contributed by atoms with van der Waals surface area (Å²) in [5.41, 5.74) is 0.700. The predicted octanol–water partition coefficient (Wildman–Crippen LogP) is 5.24. The van der Waals surface area contributed by atoms with Crippen LogP contribution >= 0.6 is 34.8 Å². The molecule has 20 heavy (non-hydrogen) atoms. The fourth-order valence-corrected chi connectivity index (χ4v) is 2.57. The molecule has 0 atom stereocenters. The smallest absolute Gasteiger partial charge is 0.187 e. The minimum absolute atomic E-state index is 0.0786. The topological polar surface area (TPSA) is 32.3 Å². The van der Waals surface area contributed by atoms with Crippen LogP contribution in [-0.2, 0) is 6.54 Å². The molecule has 0 aliphatic heterocycles. The Hall–Kier alpha value is -1.23. The van der Waals surface area contributed by atoms with Crippen molar-refractivity contribution in [2.24, 2.45) is 0 Å². The Kier molecular flexibility index (Phi) is 4.58. The van der Waals surface area contributed by atoms with E-state index in [0.29, 0.717) is 26.3 Å². The largest absolute Gasteiger partial charge is 0.503 e. The molecule has 2 aromatic carbocycles. The van der Waals surface area contributed by atoms with Crippen molar-refractivity contribution < 1.29 is 13.9 Å². The number of rotatable bonds is 3. The van der Waals surface area contributed by atoms with Crippen LogP contribution in [0.1, 0.15) is 5.56 Å². The second-order valence-corrected chi connectivity index (χ2v) is 5.26. The van der Waals surface area contributed by atoms with E-state index in [0.717, 1.165) is 12.1 Å². The second-order valence-electron chi connectivity index (χ2n) is 4.01. The van der Waals surface area contributed by atoms with E-state index in [1.54, 1.807) is 0 Å². The zero-order valence-corrected chi connectivity index (χ0v) is 12.1. The van der Waals surface area contributed by atoms with Gasteiger partial charge in [-0.25, -0.2) is 8.78 Å². The summed E-state index contributed by atoms with van der Waals surface area (Å²) in [6.45, 7) is 0.0786. The number of halogens is 5. The lowest BCUT2D eigenvalue weighted by Crippen LogP contribution is -2.02. The highest BCUT2D eigenvalue weighted by atomic mass is 35.5. The van der Waals surface area contributed by atoms with Gasteiger partial charge in [0.15, 0.2) is 17.4 Å². The van der Waals surface area contributed by atoms with Crippen LogP contribution in [0.4, 0.5) is 14.5 Å².